The number of piperidine rings is 1. The van der Waals surface area contributed by atoms with E-state index in [-0.39, 0.29) is 12.3 Å². The van der Waals surface area contributed by atoms with E-state index >= 15 is 0 Å². The van der Waals surface area contributed by atoms with Gasteiger partial charge in [0.25, 0.3) is 0 Å². The van der Waals surface area contributed by atoms with E-state index in [4.69, 9.17) is 5.11 Å². The van der Waals surface area contributed by atoms with Crippen LogP contribution in [0.2, 0.25) is 0 Å². The molecule has 0 aromatic heterocycles. The van der Waals surface area contributed by atoms with Crippen molar-refractivity contribution in [3.63, 3.8) is 0 Å². The molecule has 1 unspecified atom stereocenters. The lowest BCUT2D eigenvalue weighted by atomic mass is 9.99. The number of carboxylic acid groups (broad SMARTS) is 1. The number of nitrogens with zero attached hydrogens (tertiary/aromatic N) is 1. The monoisotopic (exact) mass is 328 g/mol. The highest BCUT2D eigenvalue weighted by atomic mass is 19.3. The molecule has 2 rings (SSSR count). The molecule has 0 radical (unpaired) electrons. The maximum Gasteiger partial charge on any atom is 0.387 e. The topological polar surface area (TPSA) is 78.9 Å². The van der Waals surface area contributed by atoms with Gasteiger partial charge in [-0.05, 0) is 31.4 Å². The predicted molar refractivity (Wildman–Crippen MR) is 78.8 cm³/mol. The second-order valence-corrected chi connectivity index (χ2v) is 5.41. The molecule has 1 atom stereocenters. The molecule has 126 valence electrons. The van der Waals surface area contributed by atoms with Crippen LogP contribution in [0.25, 0.3) is 0 Å². The van der Waals surface area contributed by atoms with Gasteiger partial charge in [-0.25, -0.2) is 4.79 Å². The SMILES string of the molecule is Cc1ccc(NC(=O)N2CCCC(C(=O)O)C2)cc1OC(F)F. The van der Waals surface area contributed by atoms with Crippen LogP contribution in [0.4, 0.5) is 19.3 Å². The number of urea groups is 1. The van der Waals surface area contributed by atoms with E-state index < -0.39 is 24.5 Å². The van der Waals surface area contributed by atoms with Gasteiger partial charge < -0.3 is 20.1 Å². The number of benzene rings is 1. The van der Waals surface area contributed by atoms with Crippen LogP contribution in [0.15, 0.2) is 18.2 Å². The summed E-state index contributed by atoms with van der Waals surface area (Å²) in [5.41, 5.74) is 0.834. The molecule has 1 heterocycles. The summed E-state index contributed by atoms with van der Waals surface area (Å²) >= 11 is 0. The summed E-state index contributed by atoms with van der Waals surface area (Å²) in [6.07, 6.45) is 1.15. The number of hydrogen-bond donors (Lipinski definition) is 2. The molecule has 1 saturated heterocycles. The lowest BCUT2D eigenvalue weighted by Gasteiger charge is -2.30. The molecule has 0 saturated carbocycles. The number of likely N-dealkylation sites (tertiary alicyclic amines) is 1. The van der Waals surface area contributed by atoms with Crippen molar-refractivity contribution >= 4 is 17.7 Å². The van der Waals surface area contributed by atoms with Gasteiger partial charge in [-0.1, -0.05) is 6.07 Å². The highest BCUT2D eigenvalue weighted by molar-refractivity contribution is 5.90. The van der Waals surface area contributed by atoms with Crippen molar-refractivity contribution in [2.75, 3.05) is 18.4 Å². The number of carbonyl (C=O) groups excluding carboxylic acids is 1. The zero-order valence-electron chi connectivity index (χ0n) is 12.6. The van der Waals surface area contributed by atoms with Crippen LogP contribution < -0.4 is 10.1 Å². The van der Waals surface area contributed by atoms with Crippen LogP contribution in [-0.4, -0.2) is 41.7 Å². The van der Waals surface area contributed by atoms with Gasteiger partial charge in [0.1, 0.15) is 5.75 Å². The summed E-state index contributed by atoms with van der Waals surface area (Å²) in [5.74, 6) is -1.52. The second kappa shape index (κ2) is 7.26. The number of hydrogen-bond acceptors (Lipinski definition) is 3. The van der Waals surface area contributed by atoms with Gasteiger partial charge in [0.05, 0.1) is 5.92 Å². The third-order valence-electron chi connectivity index (χ3n) is 3.71. The molecule has 2 N–H and O–H groups in total. The highest BCUT2D eigenvalue weighted by Gasteiger charge is 2.28. The molecule has 23 heavy (non-hydrogen) atoms. The number of alkyl halides is 2. The van der Waals surface area contributed by atoms with Crippen molar-refractivity contribution in [1.82, 2.24) is 4.90 Å². The molecule has 1 aliphatic rings. The molecule has 0 aliphatic carbocycles. The average Bonchev–Trinajstić information content (AvgIpc) is 2.50. The number of carboxylic acids is 1. The first-order chi connectivity index (χ1) is 10.9. The Morgan fingerprint density at radius 3 is 2.83 bits per heavy atom. The van der Waals surface area contributed by atoms with E-state index in [1.165, 1.54) is 11.0 Å². The summed E-state index contributed by atoms with van der Waals surface area (Å²) < 4.78 is 29.0. The third-order valence-corrected chi connectivity index (χ3v) is 3.71. The molecule has 1 aromatic carbocycles. The summed E-state index contributed by atoms with van der Waals surface area (Å²) in [7, 11) is 0. The summed E-state index contributed by atoms with van der Waals surface area (Å²) in [5, 5.41) is 11.6. The van der Waals surface area contributed by atoms with E-state index in [0.29, 0.717) is 30.6 Å². The van der Waals surface area contributed by atoms with Crippen molar-refractivity contribution in [3.05, 3.63) is 23.8 Å². The fourth-order valence-electron chi connectivity index (χ4n) is 2.47. The van der Waals surface area contributed by atoms with Gasteiger partial charge in [-0.15, -0.1) is 0 Å². The zero-order valence-corrected chi connectivity index (χ0v) is 12.6. The molecule has 6 nitrogen and oxygen atoms in total. The van der Waals surface area contributed by atoms with E-state index in [2.05, 4.69) is 10.1 Å². The van der Waals surface area contributed by atoms with Crippen LogP contribution in [0.3, 0.4) is 0 Å². The van der Waals surface area contributed by atoms with Crippen LogP contribution in [-0.2, 0) is 4.79 Å². The first-order valence-corrected chi connectivity index (χ1v) is 7.21. The lowest BCUT2D eigenvalue weighted by Crippen LogP contribution is -2.44. The Kier molecular flexibility index (Phi) is 5.36. The van der Waals surface area contributed by atoms with Crippen molar-refractivity contribution in [1.29, 1.82) is 0 Å². The first kappa shape index (κ1) is 17.0. The first-order valence-electron chi connectivity index (χ1n) is 7.21. The number of ether oxygens (including phenoxy) is 1. The fraction of sp³-hybridized carbons (Fsp3) is 0.467. The number of anilines is 1. The highest BCUT2D eigenvalue weighted by Crippen LogP contribution is 2.25. The quantitative estimate of drug-likeness (QED) is 0.891. The number of rotatable bonds is 4. The van der Waals surface area contributed by atoms with Gasteiger partial charge >= 0.3 is 18.6 Å². The molecule has 1 aliphatic heterocycles. The Morgan fingerprint density at radius 1 is 1.43 bits per heavy atom. The number of amides is 2. The van der Waals surface area contributed by atoms with Crippen molar-refractivity contribution in [2.45, 2.75) is 26.4 Å². The Hall–Kier alpha value is -2.38. The van der Waals surface area contributed by atoms with Gasteiger partial charge in [-0.2, -0.15) is 8.78 Å². The Balaban J connectivity index is 2.03. The molecule has 0 bridgehead atoms. The number of carbonyl (C=O) groups is 2. The van der Waals surface area contributed by atoms with Crippen LogP contribution in [0, 0.1) is 12.8 Å². The van der Waals surface area contributed by atoms with E-state index in [1.807, 2.05) is 0 Å². The lowest BCUT2D eigenvalue weighted by molar-refractivity contribution is -0.143. The number of aryl methyl sites for hydroxylation is 1. The van der Waals surface area contributed by atoms with Crippen molar-refractivity contribution < 1.29 is 28.2 Å². The average molecular weight is 328 g/mol. The van der Waals surface area contributed by atoms with Gasteiger partial charge in [0, 0.05) is 24.8 Å². The summed E-state index contributed by atoms with van der Waals surface area (Å²) in [4.78, 5) is 24.6. The Labute approximate surface area is 132 Å². The van der Waals surface area contributed by atoms with Gasteiger partial charge in [0.2, 0.25) is 0 Å². The minimum atomic E-state index is -2.95. The number of halogens is 2. The van der Waals surface area contributed by atoms with E-state index in [0.717, 1.165) is 0 Å². The molecule has 2 amide bonds. The fourth-order valence-corrected chi connectivity index (χ4v) is 2.47. The van der Waals surface area contributed by atoms with E-state index in [9.17, 15) is 18.4 Å². The zero-order chi connectivity index (χ0) is 17.0. The Bertz CT molecular complexity index is 595. The minimum Gasteiger partial charge on any atom is -0.481 e. The Morgan fingerprint density at radius 2 is 2.17 bits per heavy atom. The van der Waals surface area contributed by atoms with Crippen LogP contribution in [0.1, 0.15) is 18.4 Å². The number of nitrogens with one attached hydrogen (secondary N) is 1. The largest absolute Gasteiger partial charge is 0.481 e. The van der Waals surface area contributed by atoms with Gasteiger partial charge in [-0.3, -0.25) is 4.79 Å². The van der Waals surface area contributed by atoms with Crippen molar-refractivity contribution in [3.8, 4) is 5.75 Å². The van der Waals surface area contributed by atoms with Crippen molar-refractivity contribution in [2.24, 2.45) is 5.92 Å². The maximum absolute atomic E-state index is 12.3. The smallest absolute Gasteiger partial charge is 0.387 e. The summed E-state index contributed by atoms with van der Waals surface area (Å²) in [6, 6.07) is 3.99. The standard InChI is InChI=1S/C15H18F2N2O4/c1-9-4-5-11(7-12(9)23-14(16)17)18-15(22)19-6-2-3-10(8-19)13(20)21/h4-5,7,10,14H,2-3,6,8H2,1H3,(H,18,22)(H,20,21). The second-order valence-electron chi connectivity index (χ2n) is 5.41. The number of aliphatic carboxylic acids is 1. The molecule has 1 aromatic rings. The molecular formula is C15H18F2N2O4. The third kappa shape index (κ3) is 4.54. The van der Waals surface area contributed by atoms with Crippen LogP contribution >= 0.6 is 0 Å². The van der Waals surface area contributed by atoms with Gasteiger partial charge in [0.15, 0.2) is 0 Å². The maximum atomic E-state index is 12.3. The molecule has 8 heteroatoms. The minimum absolute atomic E-state index is 0.0140. The molecular weight excluding hydrogens is 310 g/mol. The molecule has 1 fully saturated rings. The predicted octanol–water partition coefficient (Wildman–Crippen LogP) is 2.92. The van der Waals surface area contributed by atoms with Crippen LogP contribution in [0.5, 0.6) is 5.75 Å². The summed E-state index contributed by atoms with van der Waals surface area (Å²) in [6.45, 7) is -0.737. The normalized spacial score (nSPS) is 17.9. The van der Waals surface area contributed by atoms with E-state index in [1.54, 1.807) is 19.1 Å². The molecule has 0 spiro atoms.